The van der Waals surface area contributed by atoms with Crippen LogP contribution in [0.4, 0.5) is 0 Å². The standard InChI is InChI=1S/C13H9NO5S/c14-7-9-1-3-10(4-2-9)8-20(17,18)12-6-5-11(19-12)13(15)16/h1-6H,8H2,(H,15,16). The molecule has 0 spiro atoms. The van der Waals surface area contributed by atoms with E-state index in [1.165, 1.54) is 24.3 Å². The summed E-state index contributed by atoms with van der Waals surface area (Å²) in [7, 11) is -3.76. The maximum Gasteiger partial charge on any atom is 0.371 e. The van der Waals surface area contributed by atoms with Gasteiger partial charge in [0.1, 0.15) is 0 Å². The van der Waals surface area contributed by atoms with E-state index in [0.29, 0.717) is 11.1 Å². The van der Waals surface area contributed by atoms with Crippen LogP contribution < -0.4 is 0 Å². The van der Waals surface area contributed by atoms with Gasteiger partial charge in [0.2, 0.25) is 20.7 Å². The molecule has 20 heavy (non-hydrogen) atoms. The summed E-state index contributed by atoms with van der Waals surface area (Å²) in [5.74, 6) is -2.08. The third kappa shape index (κ3) is 2.87. The van der Waals surface area contributed by atoms with Gasteiger partial charge < -0.3 is 9.52 Å². The van der Waals surface area contributed by atoms with Crippen molar-refractivity contribution in [3.05, 3.63) is 53.3 Å². The minimum atomic E-state index is -3.76. The van der Waals surface area contributed by atoms with Gasteiger partial charge in [-0.2, -0.15) is 5.26 Å². The second-order valence-electron chi connectivity index (χ2n) is 3.99. The van der Waals surface area contributed by atoms with Crippen LogP contribution in [0.5, 0.6) is 0 Å². The van der Waals surface area contributed by atoms with E-state index >= 15 is 0 Å². The molecule has 2 aromatic rings. The second kappa shape index (κ2) is 5.19. The maximum atomic E-state index is 12.0. The Kier molecular flexibility index (Phi) is 3.59. The first kappa shape index (κ1) is 13.8. The molecule has 0 bridgehead atoms. The highest BCUT2D eigenvalue weighted by Crippen LogP contribution is 2.19. The molecular weight excluding hydrogens is 282 g/mol. The number of carbonyl (C=O) groups is 1. The van der Waals surface area contributed by atoms with E-state index in [2.05, 4.69) is 0 Å². The molecule has 0 aliphatic heterocycles. The molecule has 0 radical (unpaired) electrons. The first-order valence-electron chi connectivity index (χ1n) is 5.47. The van der Waals surface area contributed by atoms with Crippen molar-refractivity contribution in [1.82, 2.24) is 0 Å². The highest BCUT2D eigenvalue weighted by atomic mass is 32.2. The number of hydrogen-bond acceptors (Lipinski definition) is 5. The monoisotopic (exact) mass is 291 g/mol. The zero-order valence-electron chi connectivity index (χ0n) is 10.1. The molecule has 7 heteroatoms. The van der Waals surface area contributed by atoms with E-state index in [4.69, 9.17) is 14.8 Å². The lowest BCUT2D eigenvalue weighted by Crippen LogP contribution is -2.04. The number of sulfone groups is 1. The third-order valence-electron chi connectivity index (χ3n) is 2.54. The molecule has 0 saturated carbocycles. The van der Waals surface area contributed by atoms with Crippen molar-refractivity contribution < 1.29 is 22.7 Å². The number of aromatic carboxylic acids is 1. The van der Waals surface area contributed by atoms with Crippen molar-refractivity contribution in [2.45, 2.75) is 10.8 Å². The molecule has 102 valence electrons. The lowest BCUT2D eigenvalue weighted by atomic mass is 10.2. The quantitative estimate of drug-likeness (QED) is 0.920. The molecule has 1 aromatic heterocycles. The highest BCUT2D eigenvalue weighted by Gasteiger charge is 2.21. The second-order valence-corrected chi connectivity index (χ2v) is 5.91. The normalized spacial score (nSPS) is 10.9. The van der Waals surface area contributed by atoms with E-state index in [-0.39, 0.29) is 10.8 Å². The molecule has 0 unspecified atom stereocenters. The summed E-state index contributed by atoms with van der Waals surface area (Å²) in [6, 6.07) is 10.2. The van der Waals surface area contributed by atoms with E-state index in [1.54, 1.807) is 0 Å². The fourth-order valence-corrected chi connectivity index (χ4v) is 2.83. The molecule has 1 heterocycles. The van der Waals surface area contributed by atoms with Crippen molar-refractivity contribution >= 4 is 15.8 Å². The summed E-state index contributed by atoms with van der Waals surface area (Å²) in [6.07, 6.45) is 0. The first-order valence-corrected chi connectivity index (χ1v) is 7.12. The van der Waals surface area contributed by atoms with E-state index in [0.717, 1.165) is 12.1 Å². The average Bonchev–Trinajstić information content (AvgIpc) is 2.90. The van der Waals surface area contributed by atoms with Crippen LogP contribution in [0.25, 0.3) is 0 Å². The first-order chi connectivity index (χ1) is 9.42. The Morgan fingerprint density at radius 3 is 2.35 bits per heavy atom. The molecule has 0 atom stereocenters. The van der Waals surface area contributed by atoms with Gasteiger partial charge in [0.05, 0.1) is 17.4 Å². The smallest absolute Gasteiger partial charge is 0.371 e. The number of carboxylic acids is 1. The van der Waals surface area contributed by atoms with Gasteiger partial charge in [-0.15, -0.1) is 0 Å². The Morgan fingerprint density at radius 2 is 1.85 bits per heavy atom. The van der Waals surface area contributed by atoms with Crippen molar-refractivity contribution in [2.75, 3.05) is 0 Å². The summed E-state index contributed by atoms with van der Waals surface area (Å²) in [6.45, 7) is 0. The minimum Gasteiger partial charge on any atom is -0.475 e. The highest BCUT2D eigenvalue weighted by molar-refractivity contribution is 7.90. The molecule has 1 aromatic carbocycles. The van der Waals surface area contributed by atoms with Crippen LogP contribution in [0.2, 0.25) is 0 Å². The van der Waals surface area contributed by atoms with Crippen molar-refractivity contribution in [3.8, 4) is 6.07 Å². The molecule has 2 rings (SSSR count). The summed E-state index contributed by atoms with van der Waals surface area (Å²) >= 11 is 0. The van der Waals surface area contributed by atoms with Gasteiger partial charge in [-0.1, -0.05) is 12.1 Å². The number of benzene rings is 1. The Morgan fingerprint density at radius 1 is 1.20 bits per heavy atom. The Bertz CT molecular complexity index is 781. The van der Waals surface area contributed by atoms with Crippen LogP contribution in [-0.2, 0) is 15.6 Å². The van der Waals surface area contributed by atoms with Crippen molar-refractivity contribution in [1.29, 1.82) is 5.26 Å². The molecule has 0 saturated heterocycles. The van der Waals surface area contributed by atoms with Gasteiger partial charge in [-0.3, -0.25) is 0 Å². The fourth-order valence-electron chi connectivity index (χ4n) is 1.57. The van der Waals surface area contributed by atoms with Crippen LogP contribution >= 0.6 is 0 Å². The lowest BCUT2D eigenvalue weighted by Gasteiger charge is -2.01. The fraction of sp³-hybridized carbons (Fsp3) is 0.0769. The summed E-state index contributed by atoms with van der Waals surface area (Å²) in [4.78, 5) is 10.7. The Balaban J connectivity index is 2.25. The maximum absolute atomic E-state index is 12.0. The third-order valence-corrected chi connectivity index (χ3v) is 4.08. The van der Waals surface area contributed by atoms with E-state index in [9.17, 15) is 13.2 Å². The van der Waals surface area contributed by atoms with Crippen LogP contribution in [-0.4, -0.2) is 19.5 Å². The minimum absolute atomic E-state index is 0.328. The summed E-state index contributed by atoms with van der Waals surface area (Å²) in [5, 5.41) is 17.0. The van der Waals surface area contributed by atoms with Gasteiger partial charge in [-0.25, -0.2) is 13.2 Å². The topological polar surface area (TPSA) is 108 Å². The number of nitriles is 1. The van der Waals surface area contributed by atoms with Crippen LogP contribution in [0.3, 0.4) is 0 Å². The molecule has 6 nitrogen and oxygen atoms in total. The molecule has 0 aliphatic rings. The van der Waals surface area contributed by atoms with Gasteiger partial charge in [0, 0.05) is 0 Å². The number of hydrogen-bond donors (Lipinski definition) is 1. The molecular formula is C13H9NO5S. The lowest BCUT2D eigenvalue weighted by molar-refractivity contribution is 0.0656. The summed E-state index contributed by atoms with van der Waals surface area (Å²) < 4.78 is 28.9. The van der Waals surface area contributed by atoms with Crippen LogP contribution in [0.15, 0.2) is 45.9 Å². The number of furan rings is 1. The Labute approximate surface area is 114 Å². The van der Waals surface area contributed by atoms with Crippen molar-refractivity contribution in [3.63, 3.8) is 0 Å². The predicted octanol–water partition coefficient (Wildman–Crippen LogP) is 1.82. The zero-order chi connectivity index (χ0) is 14.8. The summed E-state index contributed by atoms with van der Waals surface area (Å²) in [5.41, 5.74) is 0.912. The number of carboxylic acid groups (broad SMARTS) is 1. The van der Waals surface area contributed by atoms with Crippen molar-refractivity contribution in [2.24, 2.45) is 0 Å². The SMILES string of the molecule is N#Cc1ccc(CS(=O)(=O)c2ccc(C(=O)O)o2)cc1. The zero-order valence-corrected chi connectivity index (χ0v) is 10.9. The van der Waals surface area contributed by atoms with Gasteiger partial charge in [-0.05, 0) is 29.8 Å². The number of nitrogens with zero attached hydrogens (tertiary/aromatic N) is 1. The average molecular weight is 291 g/mol. The molecule has 0 amide bonds. The van der Waals surface area contributed by atoms with Gasteiger partial charge in [0.25, 0.3) is 0 Å². The number of rotatable bonds is 4. The molecule has 0 fully saturated rings. The largest absolute Gasteiger partial charge is 0.475 e. The van der Waals surface area contributed by atoms with Gasteiger partial charge >= 0.3 is 5.97 Å². The Hall–Kier alpha value is -2.59. The predicted molar refractivity (Wildman–Crippen MR) is 67.7 cm³/mol. The molecule has 0 aliphatic carbocycles. The van der Waals surface area contributed by atoms with Crippen LogP contribution in [0, 0.1) is 11.3 Å². The van der Waals surface area contributed by atoms with Crippen LogP contribution in [0.1, 0.15) is 21.7 Å². The van der Waals surface area contributed by atoms with Gasteiger partial charge in [0.15, 0.2) is 0 Å². The van der Waals surface area contributed by atoms with E-state index in [1.807, 2.05) is 6.07 Å². The molecule has 1 N–H and O–H groups in total. The van der Waals surface area contributed by atoms with E-state index < -0.39 is 21.6 Å².